The Balaban J connectivity index is 1.78. The Labute approximate surface area is 125 Å². The lowest BCUT2D eigenvalue weighted by Gasteiger charge is -2.06. The van der Waals surface area contributed by atoms with Crippen molar-refractivity contribution >= 4 is 38.9 Å². The van der Waals surface area contributed by atoms with Crippen LogP contribution in [-0.2, 0) is 13.0 Å². The highest BCUT2D eigenvalue weighted by atomic mass is 79.9. The van der Waals surface area contributed by atoms with Crippen LogP contribution in [0.25, 0.3) is 0 Å². The summed E-state index contributed by atoms with van der Waals surface area (Å²) in [5.74, 6) is 0. The number of hydrogen-bond acceptors (Lipinski definition) is 3. The first-order valence-electron chi connectivity index (χ1n) is 5.71. The van der Waals surface area contributed by atoms with Gasteiger partial charge in [0.1, 0.15) is 0 Å². The maximum atomic E-state index is 5.90. The van der Waals surface area contributed by atoms with E-state index in [0.717, 1.165) is 34.7 Å². The van der Waals surface area contributed by atoms with E-state index in [1.165, 1.54) is 10.6 Å². The molecule has 0 aliphatic heterocycles. The van der Waals surface area contributed by atoms with Gasteiger partial charge in [-0.25, -0.2) is 4.98 Å². The van der Waals surface area contributed by atoms with Crippen LogP contribution in [0.2, 0.25) is 5.02 Å². The molecule has 96 valence electrons. The molecule has 0 bridgehead atoms. The molecule has 0 saturated heterocycles. The van der Waals surface area contributed by atoms with Gasteiger partial charge in [0, 0.05) is 40.1 Å². The van der Waals surface area contributed by atoms with E-state index in [2.05, 4.69) is 31.6 Å². The first kappa shape index (κ1) is 14.0. The molecule has 1 aromatic heterocycles. The summed E-state index contributed by atoms with van der Waals surface area (Å²) >= 11 is 11.1. The molecule has 2 rings (SSSR count). The zero-order valence-corrected chi connectivity index (χ0v) is 13.2. The first-order chi connectivity index (χ1) is 8.65. The van der Waals surface area contributed by atoms with Crippen LogP contribution < -0.4 is 5.32 Å². The third-order valence-corrected chi connectivity index (χ3v) is 4.51. The van der Waals surface area contributed by atoms with Crippen LogP contribution in [-0.4, -0.2) is 11.5 Å². The molecule has 5 heteroatoms. The Kier molecular flexibility index (Phi) is 5.18. The number of nitrogens with zero attached hydrogens (tertiary/aromatic N) is 1. The number of halogens is 2. The second kappa shape index (κ2) is 6.66. The van der Waals surface area contributed by atoms with E-state index >= 15 is 0 Å². The maximum absolute atomic E-state index is 5.90. The Hall–Kier alpha value is -0.420. The Morgan fingerprint density at radius 1 is 1.44 bits per heavy atom. The number of aromatic nitrogens is 1. The molecule has 0 atom stereocenters. The third kappa shape index (κ3) is 4.05. The molecule has 0 aliphatic carbocycles. The number of hydrogen-bond donors (Lipinski definition) is 1. The highest BCUT2D eigenvalue weighted by Gasteiger charge is 2.01. The molecule has 0 saturated carbocycles. The lowest BCUT2D eigenvalue weighted by Crippen LogP contribution is -2.16. The summed E-state index contributed by atoms with van der Waals surface area (Å²) < 4.78 is 1.05. The minimum atomic E-state index is 0.754. The average molecular weight is 346 g/mol. The van der Waals surface area contributed by atoms with Crippen molar-refractivity contribution < 1.29 is 0 Å². The fraction of sp³-hybridized carbons (Fsp3) is 0.308. The van der Waals surface area contributed by atoms with Crippen LogP contribution >= 0.6 is 38.9 Å². The van der Waals surface area contributed by atoms with Crippen LogP contribution in [0.15, 0.2) is 28.1 Å². The molecule has 0 spiro atoms. The van der Waals surface area contributed by atoms with E-state index in [1.54, 1.807) is 11.3 Å². The summed E-state index contributed by atoms with van der Waals surface area (Å²) in [5.41, 5.74) is 2.32. The quantitative estimate of drug-likeness (QED) is 0.822. The highest BCUT2D eigenvalue weighted by molar-refractivity contribution is 9.10. The molecule has 1 N–H and O–H groups in total. The van der Waals surface area contributed by atoms with Crippen molar-refractivity contribution in [1.82, 2.24) is 10.3 Å². The Morgan fingerprint density at radius 3 is 2.94 bits per heavy atom. The van der Waals surface area contributed by atoms with Gasteiger partial charge in [0.2, 0.25) is 0 Å². The van der Waals surface area contributed by atoms with E-state index in [4.69, 9.17) is 11.6 Å². The summed E-state index contributed by atoms with van der Waals surface area (Å²) in [6.07, 6.45) is 0.976. The van der Waals surface area contributed by atoms with Gasteiger partial charge in [0.25, 0.3) is 0 Å². The minimum Gasteiger partial charge on any atom is -0.312 e. The van der Waals surface area contributed by atoms with Crippen molar-refractivity contribution in [2.45, 2.75) is 19.9 Å². The normalized spacial score (nSPS) is 10.8. The summed E-state index contributed by atoms with van der Waals surface area (Å²) in [4.78, 5) is 4.44. The zero-order chi connectivity index (χ0) is 13.0. The standard InChI is InChI=1S/C13H14BrClN2S/c1-9-8-18-13(17-9)4-5-16-7-10-2-3-11(15)6-12(10)14/h2-3,6,8,16H,4-5,7H2,1H3. The average Bonchev–Trinajstić information content (AvgIpc) is 2.73. The van der Waals surface area contributed by atoms with Crippen molar-refractivity contribution in [2.75, 3.05) is 6.54 Å². The van der Waals surface area contributed by atoms with Gasteiger partial charge in [-0.1, -0.05) is 33.6 Å². The lowest BCUT2D eigenvalue weighted by atomic mass is 10.2. The number of benzene rings is 1. The molecular formula is C13H14BrClN2S. The minimum absolute atomic E-state index is 0.754. The van der Waals surface area contributed by atoms with Crippen LogP contribution in [0, 0.1) is 6.92 Å². The summed E-state index contributed by atoms with van der Waals surface area (Å²) in [6, 6.07) is 5.86. The summed E-state index contributed by atoms with van der Waals surface area (Å²) in [7, 11) is 0. The number of nitrogens with one attached hydrogen (secondary N) is 1. The molecule has 0 amide bonds. The van der Waals surface area contributed by atoms with E-state index in [0.29, 0.717) is 0 Å². The van der Waals surface area contributed by atoms with Gasteiger partial charge in [-0.3, -0.25) is 0 Å². The molecule has 0 unspecified atom stereocenters. The second-order valence-corrected chi connectivity index (χ2v) is 6.28. The monoisotopic (exact) mass is 344 g/mol. The van der Waals surface area contributed by atoms with Crippen LogP contribution in [0.3, 0.4) is 0 Å². The van der Waals surface area contributed by atoms with Crippen LogP contribution in [0.1, 0.15) is 16.3 Å². The second-order valence-electron chi connectivity index (χ2n) is 4.05. The van der Waals surface area contributed by atoms with Gasteiger partial charge in [-0.15, -0.1) is 11.3 Å². The van der Waals surface area contributed by atoms with Crippen molar-refractivity contribution in [1.29, 1.82) is 0 Å². The fourth-order valence-corrected chi connectivity index (χ4v) is 3.20. The molecular weight excluding hydrogens is 332 g/mol. The zero-order valence-electron chi connectivity index (χ0n) is 10.0. The van der Waals surface area contributed by atoms with Crippen LogP contribution in [0.5, 0.6) is 0 Å². The van der Waals surface area contributed by atoms with Crippen molar-refractivity contribution in [3.05, 3.63) is 49.3 Å². The van der Waals surface area contributed by atoms with Gasteiger partial charge in [0.05, 0.1) is 5.01 Å². The van der Waals surface area contributed by atoms with E-state index in [1.807, 2.05) is 25.1 Å². The predicted octanol–water partition coefficient (Wildman–Crippen LogP) is 4.20. The van der Waals surface area contributed by atoms with Crippen molar-refractivity contribution in [3.63, 3.8) is 0 Å². The molecule has 1 heterocycles. The fourth-order valence-electron chi connectivity index (χ4n) is 1.60. The van der Waals surface area contributed by atoms with E-state index in [-0.39, 0.29) is 0 Å². The number of aryl methyl sites for hydroxylation is 1. The van der Waals surface area contributed by atoms with Crippen molar-refractivity contribution in [3.8, 4) is 0 Å². The molecule has 0 radical (unpaired) electrons. The summed E-state index contributed by atoms with van der Waals surface area (Å²) in [5, 5.41) is 7.45. The van der Waals surface area contributed by atoms with E-state index < -0.39 is 0 Å². The molecule has 18 heavy (non-hydrogen) atoms. The third-order valence-electron chi connectivity index (χ3n) is 2.51. The van der Waals surface area contributed by atoms with Gasteiger partial charge in [-0.05, 0) is 24.6 Å². The predicted molar refractivity (Wildman–Crippen MR) is 81.4 cm³/mol. The smallest absolute Gasteiger partial charge is 0.0940 e. The summed E-state index contributed by atoms with van der Waals surface area (Å²) in [6.45, 7) is 3.79. The SMILES string of the molecule is Cc1csc(CCNCc2ccc(Cl)cc2Br)n1. The molecule has 2 nitrogen and oxygen atoms in total. The van der Waals surface area contributed by atoms with Crippen molar-refractivity contribution in [2.24, 2.45) is 0 Å². The highest BCUT2D eigenvalue weighted by Crippen LogP contribution is 2.21. The Morgan fingerprint density at radius 2 is 2.28 bits per heavy atom. The lowest BCUT2D eigenvalue weighted by molar-refractivity contribution is 0.683. The number of thiazole rings is 1. The van der Waals surface area contributed by atoms with E-state index in [9.17, 15) is 0 Å². The van der Waals surface area contributed by atoms with Crippen LogP contribution in [0.4, 0.5) is 0 Å². The van der Waals surface area contributed by atoms with Gasteiger partial charge >= 0.3 is 0 Å². The maximum Gasteiger partial charge on any atom is 0.0940 e. The molecule has 0 aliphatic rings. The largest absolute Gasteiger partial charge is 0.312 e. The van der Waals surface area contributed by atoms with Gasteiger partial charge < -0.3 is 5.32 Å². The van der Waals surface area contributed by atoms with Gasteiger partial charge in [-0.2, -0.15) is 0 Å². The molecule has 0 fully saturated rings. The van der Waals surface area contributed by atoms with Gasteiger partial charge in [0.15, 0.2) is 0 Å². The Bertz CT molecular complexity index is 527. The molecule has 1 aromatic carbocycles. The topological polar surface area (TPSA) is 24.9 Å². The molecule has 2 aromatic rings. The number of rotatable bonds is 5. The first-order valence-corrected chi connectivity index (χ1v) is 7.76.